The van der Waals surface area contributed by atoms with Crippen molar-refractivity contribution in [2.75, 3.05) is 26.2 Å². The zero-order chi connectivity index (χ0) is 22.2. The highest BCUT2D eigenvalue weighted by molar-refractivity contribution is 5.91. The predicted molar refractivity (Wildman–Crippen MR) is 121 cm³/mol. The van der Waals surface area contributed by atoms with Crippen LogP contribution in [-0.4, -0.2) is 57.1 Å². The van der Waals surface area contributed by atoms with Crippen LogP contribution in [-0.2, 0) is 6.54 Å². The Balaban J connectivity index is 1.35. The highest BCUT2D eigenvalue weighted by atomic mass is 16.5. The van der Waals surface area contributed by atoms with Crippen molar-refractivity contribution in [2.45, 2.75) is 31.8 Å². The number of carbonyl (C=O) groups is 1. The lowest BCUT2D eigenvalue weighted by Gasteiger charge is -2.32. The summed E-state index contributed by atoms with van der Waals surface area (Å²) in [5.74, 6) is 1.40. The minimum Gasteiger partial charge on any atom is -0.457 e. The van der Waals surface area contributed by atoms with Gasteiger partial charge < -0.3 is 15.2 Å². The molecule has 8 heteroatoms. The minimum absolute atomic E-state index is 0.0478. The maximum Gasteiger partial charge on any atom is 0.273 e. The molecule has 0 spiro atoms. The molecule has 1 aromatic heterocycles. The van der Waals surface area contributed by atoms with E-state index in [1.54, 1.807) is 6.20 Å². The SMILES string of the molecule is O=C(NCCCO)c1cn([C@@H]2CCCN(Cc3cccc(Oc4ccccc4)c3)C2)nn1. The van der Waals surface area contributed by atoms with E-state index in [4.69, 9.17) is 9.84 Å². The Morgan fingerprint density at radius 3 is 2.84 bits per heavy atom. The van der Waals surface area contributed by atoms with Crippen molar-refractivity contribution in [2.24, 2.45) is 0 Å². The molecule has 168 valence electrons. The molecule has 0 radical (unpaired) electrons. The van der Waals surface area contributed by atoms with Crippen LogP contribution in [0, 0.1) is 0 Å². The van der Waals surface area contributed by atoms with Gasteiger partial charge in [0.15, 0.2) is 5.69 Å². The fraction of sp³-hybridized carbons (Fsp3) is 0.375. The van der Waals surface area contributed by atoms with E-state index in [1.807, 2.05) is 47.1 Å². The molecule has 1 fully saturated rings. The predicted octanol–water partition coefficient (Wildman–Crippen LogP) is 3.02. The normalized spacial score (nSPS) is 16.6. The van der Waals surface area contributed by atoms with Gasteiger partial charge in [-0.15, -0.1) is 5.10 Å². The summed E-state index contributed by atoms with van der Waals surface area (Å²) in [5, 5.41) is 19.8. The third-order valence-corrected chi connectivity index (χ3v) is 5.50. The average Bonchev–Trinajstić information content (AvgIpc) is 3.31. The van der Waals surface area contributed by atoms with E-state index in [0.29, 0.717) is 18.7 Å². The van der Waals surface area contributed by atoms with Gasteiger partial charge in [-0.1, -0.05) is 35.5 Å². The lowest BCUT2D eigenvalue weighted by atomic mass is 10.0. The highest BCUT2D eigenvalue weighted by Gasteiger charge is 2.23. The summed E-state index contributed by atoms with van der Waals surface area (Å²) in [4.78, 5) is 14.6. The van der Waals surface area contributed by atoms with E-state index in [-0.39, 0.29) is 18.6 Å². The summed E-state index contributed by atoms with van der Waals surface area (Å²) in [6.45, 7) is 3.16. The largest absolute Gasteiger partial charge is 0.457 e. The van der Waals surface area contributed by atoms with Gasteiger partial charge in [-0.2, -0.15) is 0 Å². The lowest BCUT2D eigenvalue weighted by Crippen LogP contribution is -2.36. The molecule has 0 saturated carbocycles. The quantitative estimate of drug-likeness (QED) is 0.502. The Labute approximate surface area is 187 Å². The molecular formula is C24H29N5O3. The summed E-state index contributed by atoms with van der Waals surface area (Å²) in [6.07, 6.45) is 4.30. The maximum absolute atomic E-state index is 12.2. The van der Waals surface area contributed by atoms with Crippen molar-refractivity contribution in [1.82, 2.24) is 25.2 Å². The van der Waals surface area contributed by atoms with Gasteiger partial charge in [0, 0.05) is 26.2 Å². The average molecular weight is 436 g/mol. The van der Waals surface area contributed by atoms with Crippen LogP contribution in [0.25, 0.3) is 0 Å². The molecule has 2 N–H and O–H groups in total. The number of hydrogen-bond acceptors (Lipinski definition) is 6. The Morgan fingerprint density at radius 2 is 2.00 bits per heavy atom. The number of ether oxygens (including phenoxy) is 1. The van der Waals surface area contributed by atoms with Crippen molar-refractivity contribution >= 4 is 5.91 Å². The van der Waals surface area contributed by atoms with Gasteiger partial charge in [-0.05, 0) is 55.6 Å². The molecule has 0 unspecified atom stereocenters. The molecule has 3 aromatic rings. The number of nitrogens with zero attached hydrogens (tertiary/aromatic N) is 4. The summed E-state index contributed by atoms with van der Waals surface area (Å²) in [7, 11) is 0. The number of carbonyl (C=O) groups excluding carboxylic acids is 1. The van der Waals surface area contributed by atoms with E-state index >= 15 is 0 Å². The standard InChI is InChI=1S/C24H29N5O3/c30-14-6-12-25-24(31)23-18-29(27-26-23)20-8-5-13-28(17-20)16-19-7-4-11-22(15-19)32-21-9-2-1-3-10-21/h1-4,7,9-11,15,18,20,30H,5-6,8,12-14,16-17H2,(H,25,31)/t20-/m1/s1. The number of hydrogen-bond donors (Lipinski definition) is 2. The van der Waals surface area contributed by atoms with Crippen LogP contribution in [0.2, 0.25) is 0 Å². The molecule has 1 aliphatic heterocycles. The van der Waals surface area contributed by atoms with E-state index in [1.165, 1.54) is 5.56 Å². The van der Waals surface area contributed by atoms with Crippen molar-refractivity contribution in [3.8, 4) is 11.5 Å². The maximum atomic E-state index is 12.2. The zero-order valence-corrected chi connectivity index (χ0v) is 18.1. The minimum atomic E-state index is -0.257. The van der Waals surface area contributed by atoms with Crippen LogP contribution in [0.15, 0.2) is 60.8 Å². The molecule has 2 heterocycles. The van der Waals surface area contributed by atoms with Gasteiger partial charge in [-0.3, -0.25) is 9.69 Å². The van der Waals surface area contributed by atoms with Gasteiger partial charge >= 0.3 is 0 Å². The first-order valence-electron chi connectivity index (χ1n) is 11.1. The molecule has 4 rings (SSSR count). The molecule has 1 amide bonds. The summed E-state index contributed by atoms with van der Waals surface area (Å²) < 4.78 is 7.77. The van der Waals surface area contributed by atoms with Gasteiger partial charge in [0.25, 0.3) is 5.91 Å². The first-order valence-corrected chi connectivity index (χ1v) is 11.1. The van der Waals surface area contributed by atoms with Crippen molar-refractivity contribution < 1.29 is 14.6 Å². The van der Waals surface area contributed by atoms with Crippen molar-refractivity contribution in [3.05, 3.63) is 72.1 Å². The van der Waals surface area contributed by atoms with Crippen LogP contribution in [0.3, 0.4) is 0 Å². The van der Waals surface area contributed by atoms with Gasteiger partial charge in [0.1, 0.15) is 11.5 Å². The van der Waals surface area contributed by atoms with Gasteiger partial charge in [-0.25, -0.2) is 4.68 Å². The summed E-state index contributed by atoms with van der Waals surface area (Å²) in [5.41, 5.74) is 1.51. The first-order chi connectivity index (χ1) is 15.7. The smallest absolute Gasteiger partial charge is 0.273 e. The third kappa shape index (κ3) is 5.93. The molecule has 32 heavy (non-hydrogen) atoms. The van der Waals surface area contributed by atoms with E-state index in [2.05, 4.69) is 32.7 Å². The number of aliphatic hydroxyl groups is 1. The Bertz CT molecular complexity index is 1010. The van der Waals surface area contributed by atoms with Gasteiger partial charge in [0.05, 0.1) is 12.2 Å². The fourth-order valence-corrected chi connectivity index (χ4v) is 3.91. The lowest BCUT2D eigenvalue weighted by molar-refractivity contribution is 0.0946. The van der Waals surface area contributed by atoms with Gasteiger partial charge in [0.2, 0.25) is 0 Å². The second kappa shape index (κ2) is 10.9. The van der Waals surface area contributed by atoms with E-state index in [9.17, 15) is 4.79 Å². The van der Waals surface area contributed by atoms with E-state index in [0.717, 1.165) is 44.0 Å². The highest BCUT2D eigenvalue weighted by Crippen LogP contribution is 2.25. The molecule has 0 bridgehead atoms. The van der Waals surface area contributed by atoms with Crippen LogP contribution in [0.5, 0.6) is 11.5 Å². The topological polar surface area (TPSA) is 92.5 Å². The van der Waals surface area contributed by atoms with E-state index < -0.39 is 0 Å². The zero-order valence-electron chi connectivity index (χ0n) is 18.1. The Morgan fingerprint density at radius 1 is 1.16 bits per heavy atom. The summed E-state index contributed by atoms with van der Waals surface area (Å²) in [6, 6.07) is 18.2. The van der Waals surface area contributed by atoms with Crippen molar-refractivity contribution in [3.63, 3.8) is 0 Å². The number of likely N-dealkylation sites (tertiary alicyclic amines) is 1. The molecule has 1 atom stereocenters. The second-order valence-corrected chi connectivity index (χ2v) is 8.01. The molecule has 1 saturated heterocycles. The number of para-hydroxylation sites is 1. The number of aromatic nitrogens is 3. The van der Waals surface area contributed by atoms with Crippen LogP contribution < -0.4 is 10.1 Å². The van der Waals surface area contributed by atoms with Crippen LogP contribution in [0.4, 0.5) is 0 Å². The number of rotatable bonds is 9. The molecular weight excluding hydrogens is 406 g/mol. The molecule has 8 nitrogen and oxygen atoms in total. The number of aliphatic hydroxyl groups excluding tert-OH is 1. The number of nitrogens with one attached hydrogen (secondary N) is 1. The van der Waals surface area contributed by atoms with Crippen molar-refractivity contribution in [1.29, 1.82) is 0 Å². The second-order valence-electron chi connectivity index (χ2n) is 8.01. The molecule has 1 aliphatic rings. The fourth-order valence-electron chi connectivity index (χ4n) is 3.91. The molecule has 2 aromatic carbocycles. The number of piperidine rings is 1. The molecule has 0 aliphatic carbocycles. The monoisotopic (exact) mass is 435 g/mol. The Kier molecular flexibility index (Phi) is 7.47. The third-order valence-electron chi connectivity index (χ3n) is 5.50. The summed E-state index contributed by atoms with van der Waals surface area (Å²) >= 11 is 0. The first kappa shape index (κ1) is 22.0. The number of amides is 1. The Hall–Kier alpha value is -3.23. The van der Waals surface area contributed by atoms with Crippen LogP contribution in [0.1, 0.15) is 41.4 Å². The van der Waals surface area contributed by atoms with Crippen LogP contribution >= 0.6 is 0 Å². The number of benzene rings is 2.